The molecule has 4 unspecified atom stereocenters. The number of amides is 3. The van der Waals surface area contributed by atoms with Crippen LogP contribution in [0.1, 0.15) is 34.1 Å². The van der Waals surface area contributed by atoms with E-state index in [-0.39, 0.29) is 12.5 Å². The molecule has 0 fully saturated rings. The van der Waals surface area contributed by atoms with Crippen molar-refractivity contribution in [3.8, 4) is 0 Å². The van der Waals surface area contributed by atoms with Crippen molar-refractivity contribution in [1.29, 1.82) is 0 Å². The van der Waals surface area contributed by atoms with Gasteiger partial charge in [0.1, 0.15) is 12.1 Å². The van der Waals surface area contributed by atoms with Crippen molar-refractivity contribution in [2.45, 2.75) is 52.2 Å². The summed E-state index contributed by atoms with van der Waals surface area (Å²) in [5, 5.41) is 16.2. The van der Waals surface area contributed by atoms with E-state index in [2.05, 4.69) is 16.0 Å². The van der Waals surface area contributed by atoms with Crippen LogP contribution in [0.3, 0.4) is 0 Å². The van der Waals surface area contributed by atoms with E-state index in [4.69, 9.17) is 10.8 Å². The number of aliphatic carboxylic acids is 1. The van der Waals surface area contributed by atoms with Crippen LogP contribution in [0.2, 0.25) is 0 Å². The molecular weight excluding hydrogens is 304 g/mol. The van der Waals surface area contributed by atoms with Crippen LogP contribution in [0.25, 0.3) is 0 Å². The Kier molecular flexibility index (Phi) is 8.86. The zero-order valence-corrected chi connectivity index (χ0v) is 13.9. The smallest absolute Gasteiger partial charge is 0.326 e. The highest BCUT2D eigenvalue weighted by molar-refractivity contribution is 5.92. The van der Waals surface area contributed by atoms with Crippen LogP contribution in [0.4, 0.5) is 0 Å². The van der Waals surface area contributed by atoms with Crippen molar-refractivity contribution >= 4 is 23.7 Å². The third-order valence-corrected chi connectivity index (χ3v) is 3.38. The van der Waals surface area contributed by atoms with Gasteiger partial charge in [0.2, 0.25) is 17.7 Å². The fourth-order valence-corrected chi connectivity index (χ4v) is 1.65. The average Bonchev–Trinajstić information content (AvgIpc) is 2.48. The van der Waals surface area contributed by atoms with Crippen molar-refractivity contribution < 1.29 is 24.3 Å². The topological polar surface area (TPSA) is 151 Å². The van der Waals surface area contributed by atoms with Gasteiger partial charge in [-0.15, -0.1) is 0 Å². The van der Waals surface area contributed by atoms with E-state index >= 15 is 0 Å². The number of rotatable bonds is 9. The molecule has 0 rings (SSSR count). The quantitative estimate of drug-likeness (QED) is 0.350. The van der Waals surface area contributed by atoms with Crippen LogP contribution in [0, 0.1) is 5.92 Å². The van der Waals surface area contributed by atoms with E-state index in [1.165, 1.54) is 13.8 Å². The van der Waals surface area contributed by atoms with Gasteiger partial charge in [-0.2, -0.15) is 0 Å². The van der Waals surface area contributed by atoms with Gasteiger partial charge in [0, 0.05) is 0 Å². The lowest BCUT2D eigenvalue weighted by Crippen LogP contribution is -2.53. The lowest BCUT2D eigenvalue weighted by Gasteiger charge is -2.22. The van der Waals surface area contributed by atoms with E-state index in [0.717, 1.165) is 0 Å². The van der Waals surface area contributed by atoms with Gasteiger partial charge >= 0.3 is 5.97 Å². The molecule has 0 aromatic carbocycles. The van der Waals surface area contributed by atoms with Crippen LogP contribution in [-0.4, -0.2) is 53.5 Å². The molecule has 9 heteroatoms. The Balaban J connectivity index is 4.46. The van der Waals surface area contributed by atoms with Crippen molar-refractivity contribution in [1.82, 2.24) is 16.0 Å². The Morgan fingerprint density at radius 3 is 2.04 bits per heavy atom. The van der Waals surface area contributed by atoms with Gasteiger partial charge < -0.3 is 26.8 Å². The molecule has 0 aromatic heterocycles. The number of hydrogen-bond donors (Lipinski definition) is 5. The van der Waals surface area contributed by atoms with E-state index < -0.39 is 41.8 Å². The highest BCUT2D eigenvalue weighted by Crippen LogP contribution is 2.08. The number of carbonyl (C=O) groups is 4. The molecule has 9 nitrogen and oxygen atoms in total. The van der Waals surface area contributed by atoms with Crippen molar-refractivity contribution in [2.24, 2.45) is 11.7 Å². The number of nitrogens with two attached hydrogens (primary N) is 1. The Bertz CT molecular complexity index is 452. The van der Waals surface area contributed by atoms with Gasteiger partial charge in [0.15, 0.2) is 0 Å². The number of nitrogens with one attached hydrogen (secondary N) is 3. The van der Waals surface area contributed by atoms with Gasteiger partial charge in [0.25, 0.3) is 0 Å². The number of hydrogen-bond acceptors (Lipinski definition) is 5. The summed E-state index contributed by atoms with van der Waals surface area (Å²) < 4.78 is 0. The van der Waals surface area contributed by atoms with Gasteiger partial charge in [-0.3, -0.25) is 14.4 Å². The molecule has 0 heterocycles. The molecular formula is C14H26N4O5. The standard InChI is InChI=1S/C14H26N4O5/c1-5-7(2)11(14(22)23)18-13(21)9(4)17-10(19)6-16-12(20)8(3)15/h7-9,11H,5-6,15H2,1-4H3,(H,16,20)(H,17,19)(H,18,21)(H,22,23). The second-order valence-corrected chi connectivity index (χ2v) is 5.51. The molecule has 0 spiro atoms. The molecule has 0 saturated carbocycles. The monoisotopic (exact) mass is 330 g/mol. The van der Waals surface area contributed by atoms with E-state index in [0.29, 0.717) is 6.42 Å². The lowest BCUT2D eigenvalue weighted by molar-refractivity contribution is -0.143. The summed E-state index contributed by atoms with van der Waals surface area (Å²) in [5.41, 5.74) is 5.33. The summed E-state index contributed by atoms with van der Waals surface area (Å²) in [7, 11) is 0. The third-order valence-electron chi connectivity index (χ3n) is 3.38. The van der Waals surface area contributed by atoms with Crippen LogP contribution in [0.15, 0.2) is 0 Å². The molecule has 0 saturated heterocycles. The Labute approximate surface area is 135 Å². The van der Waals surface area contributed by atoms with Crippen molar-refractivity contribution in [3.63, 3.8) is 0 Å². The van der Waals surface area contributed by atoms with Gasteiger partial charge in [0.05, 0.1) is 12.6 Å². The van der Waals surface area contributed by atoms with Gasteiger partial charge in [-0.1, -0.05) is 20.3 Å². The summed E-state index contributed by atoms with van der Waals surface area (Å²) in [6.45, 7) is 6.12. The molecule has 0 bridgehead atoms. The largest absolute Gasteiger partial charge is 0.480 e. The lowest BCUT2D eigenvalue weighted by atomic mass is 9.99. The summed E-state index contributed by atoms with van der Waals surface area (Å²) in [4.78, 5) is 46.0. The maximum Gasteiger partial charge on any atom is 0.326 e. The summed E-state index contributed by atoms with van der Waals surface area (Å²) in [6.07, 6.45) is 0.585. The van der Waals surface area contributed by atoms with Crippen molar-refractivity contribution in [3.05, 3.63) is 0 Å². The Hall–Kier alpha value is -2.16. The van der Waals surface area contributed by atoms with Crippen molar-refractivity contribution in [2.75, 3.05) is 6.54 Å². The zero-order chi connectivity index (χ0) is 18.2. The molecule has 0 aliphatic heterocycles. The van der Waals surface area contributed by atoms with E-state index in [1.54, 1.807) is 6.92 Å². The minimum Gasteiger partial charge on any atom is -0.480 e. The second kappa shape index (κ2) is 9.78. The Morgan fingerprint density at radius 1 is 1.04 bits per heavy atom. The van der Waals surface area contributed by atoms with Crippen LogP contribution >= 0.6 is 0 Å². The highest BCUT2D eigenvalue weighted by Gasteiger charge is 2.27. The molecule has 4 atom stereocenters. The van der Waals surface area contributed by atoms with Crippen LogP contribution in [0.5, 0.6) is 0 Å². The molecule has 0 aliphatic rings. The minimum absolute atomic E-state index is 0.246. The van der Waals surface area contributed by atoms with E-state index in [9.17, 15) is 19.2 Å². The fourth-order valence-electron chi connectivity index (χ4n) is 1.65. The first-order valence-corrected chi connectivity index (χ1v) is 7.45. The SMILES string of the molecule is CCC(C)C(NC(=O)C(C)NC(=O)CNC(=O)C(C)N)C(=O)O. The fraction of sp³-hybridized carbons (Fsp3) is 0.714. The molecule has 0 radical (unpaired) electrons. The number of carboxylic acid groups (broad SMARTS) is 1. The summed E-state index contributed by atoms with van der Waals surface area (Å²) in [6, 6.07) is -2.69. The van der Waals surface area contributed by atoms with Gasteiger partial charge in [-0.25, -0.2) is 4.79 Å². The molecule has 6 N–H and O–H groups in total. The molecule has 23 heavy (non-hydrogen) atoms. The normalized spacial score (nSPS) is 15.7. The highest BCUT2D eigenvalue weighted by atomic mass is 16.4. The second-order valence-electron chi connectivity index (χ2n) is 5.51. The maximum absolute atomic E-state index is 12.0. The zero-order valence-electron chi connectivity index (χ0n) is 13.9. The van der Waals surface area contributed by atoms with Gasteiger partial charge in [-0.05, 0) is 19.8 Å². The third kappa shape index (κ3) is 7.59. The molecule has 0 aromatic rings. The summed E-state index contributed by atoms with van der Waals surface area (Å²) in [5.74, 6) is -3.04. The van der Waals surface area contributed by atoms with Crippen LogP contribution < -0.4 is 21.7 Å². The predicted molar refractivity (Wildman–Crippen MR) is 83.3 cm³/mol. The van der Waals surface area contributed by atoms with Crippen LogP contribution in [-0.2, 0) is 19.2 Å². The predicted octanol–water partition coefficient (Wildman–Crippen LogP) is -1.43. The Morgan fingerprint density at radius 2 is 1.61 bits per heavy atom. The maximum atomic E-state index is 12.0. The molecule has 0 aliphatic carbocycles. The number of carboxylic acids is 1. The molecule has 132 valence electrons. The average molecular weight is 330 g/mol. The summed E-state index contributed by atoms with van der Waals surface area (Å²) >= 11 is 0. The first-order valence-electron chi connectivity index (χ1n) is 7.45. The first kappa shape index (κ1) is 20.8. The minimum atomic E-state index is -1.13. The van der Waals surface area contributed by atoms with E-state index in [1.807, 2.05) is 6.92 Å². The molecule has 3 amide bonds. The number of carbonyl (C=O) groups excluding carboxylic acids is 3. The first-order chi connectivity index (χ1) is 10.6.